The van der Waals surface area contributed by atoms with Crippen LogP contribution in [-0.2, 0) is 9.16 Å². The van der Waals surface area contributed by atoms with Crippen molar-refractivity contribution in [3.8, 4) is 0 Å². The largest absolute Gasteiger partial charge is 0.415 e. The van der Waals surface area contributed by atoms with Gasteiger partial charge in [0.2, 0.25) is 6.23 Å². The number of aliphatic hydroxyl groups is 1. The third kappa shape index (κ3) is 3.82. The standard InChI is InChI=1S/C14H23F2N3O4Si/c1-4-7-24(2,3)22-8-9-11(20)14(15,16)12(23-9)19-6-5-10(17)18-13(19)21/h5-6,9,11-12,20H,4,7-8H2,1-3H3,(H2,17,18,21). The molecule has 3 N–H and O–H groups in total. The first-order valence-electron chi connectivity index (χ1n) is 7.78. The number of hydrogen-bond acceptors (Lipinski definition) is 6. The average molecular weight is 363 g/mol. The number of aliphatic hydroxyl groups excluding tert-OH is 1. The number of rotatable bonds is 6. The highest BCUT2D eigenvalue weighted by Crippen LogP contribution is 2.42. The van der Waals surface area contributed by atoms with Gasteiger partial charge in [-0.15, -0.1) is 0 Å². The molecule has 3 atom stereocenters. The Kier molecular flexibility index (Phi) is 5.43. The first-order valence-corrected chi connectivity index (χ1v) is 10.9. The highest BCUT2D eigenvalue weighted by molar-refractivity contribution is 6.71. The number of nitrogens with zero attached hydrogens (tertiary/aromatic N) is 2. The molecule has 0 amide bonds. The van der Waals surface area contributed by atoms with E-state index in [-0.39, 0.29) is 12.4 Å². The second kappa shape index (κ2) is 6.87. The van der Waals surface area contributed by atoms with E-state index in [1.165, 1.54) is 6.07 Å². The lowest BCUT2D eigenvalue weighted by molar-refractivity contribution is -0.140. The van der Waals surface area contributed by atoms with Gasteiger partial charge in [0, 0.05) is 6.20 Å². The van der Waals surface area contributed by atoms with E-state index in [1.54, 1.807) is 0 Å². The van der Waals surface area contributed by atoms with Crippen LogP contribution in [0.1, 0.15) is 19.6 Å². The Labute approximate surface area is 139 Å². The van der Waals surface area contributed by atoms with E-state index in [0.29, 0.717) is 4.57 Å². The molecule has 3 unspecified atom stereocenters. The van der Waals surface area contributed by atoms with Gasteiger partial charge in [0.15, 0.2) is 14.4 Å². The SMILES string of the molecule is CCC[Si](C)(C)OCC1OC(n2ccc(N)nc2=O)C(F)(F)C1O. The predicted octanol–water partition coefficient (Wildman–Crippen LogP) is 1.35. The van der Waals surface area contributed by atoms with Crippen molar-refractivity contribution in [2.24, 2.45) is 0 Å². The Bertz CT molecular complexity index is 641. The van der Waals surface area contributed by atoms with Gasteiger partial charge in [0.25, 0.3) is 0 Å². The molecule has 7 nitrogen and oxygen atoms in total. The van der Waals surface area contributed by atoms with E-state index in [9.17, 15) is 18.7 Å². The molecule has 136 valence electrons. The van der Waals surface area contributed by atoms with Crippen LogP contribution < -0.4 is 11.4 Å². The van der Waals surface area contributed by atoms with Gasteiger partial charge < -0.3 is 20.0 Å². The maximum Gasteiger partial charge on any atom is 0.351 e. The van der Waals surface area contributed by atoms with Gasteiger partial charge in [0.1, 0.15) is 11.9 Å². The van der Waals surface area contributed by atoms with Crippen molar-refractivity contribution in [1.82, 2.24) is 9.55 Å². The Hall–Kier alpha value is -1.36. The van der Waals surface area contributed by atoms with Crippen molar-refractivity contribution in [2.75, 3.05) is 12.3 Å². The van der Waals surface area contributed by atoms with Crippen LogP contribution >= 0.6 is 0 Å². The zero-order valence-electron chi connectivity index (χ0n) is 13.9. The van der Waals surface area contributed by atoms with Gasteiger partial charge >= 0.3 is 11.6 Å². The Balaban J connectivity index is 2.17. The minimum atomic E-state index is -3.65. The van der Waals surface area contributed by atoms with Gasteiger partial charge in [-0.1, -0.05) is 13.3 Å². The maximum absolute atomic E-state index is 14.3. The summed E-state index contributed by atoms with van der Waals surface area (Å²) >= 11 is 0. The molecule has 1 fully saturated rings. The molecule has 2 rings (SSSR count). The van der Waals surface area contributed by atoms with Crippen LogP contribution in [0.2, 0.25) is 19.1 Å². The van der Waals surface area contributed by atoms with Crippen LogP contribution in [0.4, 0.5) is 14.6 Å². The molecule has 0 spiro atoms. The average Bonchev–Trinajstić information content (AvgIpc) is 2.69. The Morgan fingerprint density at radius 3 is 2.79 bits per heavy atom. The number of halogens is 2. The van der Waals surface area contributed by atoms with Gasteiger partial charge in [-0.2, -0.15) is 13.8 Å². The van der Waals surface area contributed by atoms with E-state index in [1.807, 2.05) is 20.0 Å². The number of aromatic nitrogens is 2. The van der Waals surface area contributed by atoms with Crippen molar-refractivity contribution < 1.29 is 23.1 Å². The van der Waals surface area contributed by atoms with Crippen LogP contribution in [0.25, 0.3) is 0 Å². The fraction of sp³-hybridized carbons (Fsp3) is 0.714. The maximum atomic E-state index is 14.3. The number of anilines is 1. The molecule has 1 aliphatic rings. The van der Waals surface area contributed by atoms with Crippen LogP contribution in [0.15, 0.2) is 17.1 Å². The van der Waals surface area contributed by atoms with Crippen molar-refractivity contribution in [3.63, 3.8) is 0 Å². The van der Waals surface area contributed by atoms with Crippen molar-refractivity contribution in [1.29, 1.82) is 0 Å². The van der Waals surface area contributed by atoms with E-state index >= 15 is 0 Å². The Morgan fingerprint density at radius 2 is 2.21 bits per heavy atom. The summed E-state index contributed by atoms with van der Waals surface area (Å²) in [7, 11) is -2.00. The highest BCUT2D eigenvalue weighted by atomic mass is 28.4. The lowest BCUT2D eigenvalue weighted by Gasteiger charge is -2.25. The fourth-order valence-electron chi connectivity index (χ4n) is 2.69. The minimum absolute atomic E-state index is 0.0784. The third-order valence-corrected chi connectivity index (χ3v) is 6.63. The highest BCUT2D eigenvalue weighted by Gasteiger charge is 2.59. The van der Waals surface area contributed by atoms with Crippen molar-refractivity contribution in [2.45, 2.75) is 56.8 Å². The smallest absolute Gasteiger partial charge is 0.351 e. The molecule has 0 aromatic carbocycles. The van der Waals surface area contributed by atoms with Crippen molar-refractivity contribution in [3.05, 3.63) is 22.7 Å². The minimum Gasteiger partial charge on any atom is -0.415 e. The molecule has 2 heterocycles. The summed E-state index contributed by atoms with van der Waals surface area (Å²) in [6.45, 7) is 5.82. The van der Waals surface area contributed by atoms with E-state index in [0.717, 1.165) is 18.7 Å². The van der Waals surface area contributed by atoms with Gasteiger partial charge in [-0.25, -0.2) is 4.79 Å². The van der Waals surface area contributed by atoms with Crippen LogP contribution in [0, 0.1) is 0 Å². The summed E-state index contributed by atoms with van der Waals surface area (Å²) in [6.07, 6.45) is -3.23. The summed E-state index contributed by atoms with van der Waals surface area (Å²) < 4.78 is 40.3. The molecular formula is C14H23F2N3O4Si. The fourth-order valence-corrected chi connectivity index (χ4v) is 4.66. The molecule has 1 aliphatic heterocycles. The van der Waals surface area contributed by atoms with Crippen molar-refractivity contribution >= 4 is 14.1 Å². The van der Waals surface area contributed by atoms with Gasteiger partial charge in [0.05, 0.1) is 6.61 Å². The van der Waals surface area contributed by atoms with Gasteiger partial charge in [-0.05, 0) is 25.2 Å². The van der Waals surface area contributed by atoms with E-state index in [2.05, 4.69) is 4.98 Å². The molecule has 1 aromatic heterocycles. The van der Waals surface area contributed by atoms with Gasteiger partial charge in [-0.3, -0.25) is 4.57 Å². The summed E-state index contributed by atoms with van der Waals surface area (Å²) in [5.74, 6) is -3.73. The number of ether oxygens (including phenoxy) is 1. The second-order valence-corrected chi connectivity index (χ2v) is 10.8. The number of hydrogen-bond donors (Lipinski definition) is 2. The Morgan fingerprint density at radius 1 is 1.54 bits per heavy atom. The number of alkyl halides is 2. The molecule has 1 saturated heterocycles. The quantitative estimate of drug-likeness (QED) is 0.740. The molecule has 0 aliphatic carbocycles. The van der Waals surface area contributed by atoms with Crippen LogP contribution in [-0.4, -0.2) is 47.7 Å². The summed E-state index contributed by atoms with van der Waals surface area (Å²) in [5, 5.41) is 9.92. The normalized spacial score (nSPS) is 26.7. The topological polar surface area (TPSA) is 99.6 Å². The number of nitrogens with two attached hydrogens (primary N) is 1. The first kappa shape index (κ1) is 19.0. The summed E-state index contributed by atoms with van der Waals surface area (Å²) in [5.41, 5.74) is 4.39. The monoisotopic (exact) mass is 363 g/mol. The molecule has 0 bridgehead atoms. The lowest BCUT2D eigenvalue weighted by atomic mass is 10.1. The van der Waals surface area contributed by atoms with E-state index in [4.69, 9.17) is 14.9 Å². The molecular weight excluding hydrogens is 340 g/mol. The summed E-state index contributed by atoms with van der Waals surface area (Å²) in [6, 6.07) is 2.09. The van der Waals surface area contributed by atoms with Crippen LogP contribution in [0.5, 0.6) is 0 Å². The molecule has 10 heteroatoms. The zero-order valence-corrected chi connectivity index (χ0v) is 14.9. The molecule has 24 heavy (non-hydrogen) atoms. The summed E-state index contributed by atoms with van der Waals surface area (Å²) in [4.78, 5) is 15.2. The zero-order chi connectivity index (χ0) is 18.1. The predicted molar refractivity (Wildman–Crippen MR) is 86.3 cm³/mol. The molecule has 0 radical (unpaired) electrons. The number of nitrogen functional groups attached to an aromatic ring is 1. The lowest BCUT2D eigenvalue weighted by Crippen LogP contribution is -2.43. The van der Waals surface area contributed by atoms with Crippen LogP contribution in [0.3, 0.4) is 0 Å². The molecule has 0 saturated carbocycles. The molecule has 1 aromatic rings. The van der Waals surface area contributed by atoms with E-state index < -0.39 is 38.4 Å². The first-order chi connectivity index (χ1) is 11.1. The third-order valence-electron chi connectivity index (χ3n) is 3.97. The second-order valence-electron chi connectivity index (χ2n) is 6.51.